The summed E-state index contributed by atoms with van der Waals surface area (Å²) in [5, 5.41) is 5.42. The average molecular weight is 364 g/mol. The van der Waals surface area contributed by atoms with Crippen molar-refractivity contribution in [2.75, 3.05) is 11.9 Å². The van der Waals surface area contributed by atoms with Crippen molar-refractivity contribution in [3.63, 3.8) is 0 Å². The molecular weight excluding hydrogens is 348 g/mol. The Morgan fingerprint density at radius 1 is 1.15 bits per heavy atom. The molecule has 2 aliphatic heterocycles. The maximum atomic E-state index is 12.5. The van der Waals surface area contributed by atoms with Gasteiger partial charge in [0.05, 0.1) is 12.3 Å². The zero-order valence-electron chi connectivity index (χ0n) is 13.9. The number of hydrogen-bond acceptors (Lipinski definition) is 5. The van der Waals surface area contributed by atoms with Gasteiger partial charge in [-0.3, -0.25) is 10.1 Å². The molecule has 6 heteroatoms. The number of nitrogens with zero attached hydrogens (tertiary/aromatic N) is 1. The maximum absolute atomic E-state index is 12.5. The molecule has 0 saturated carbocycles. The molecule has 0 fully saturated rings. The predicted octanol–water partition coefficient (Wildman–Crippen LogP) is 3.69. The number of ether oxygens (including phenoxy) is 2. The Hall–Kier alpha value is -2.86. The van der Waals surface area contributed by atoms with Crippen LogP contribution in [0.25, 0.3) is 11.3 Å². The number of benzene rings is 2. The number of nitrogens with one attached hydrogen (secondary N) is 1. The Balaban J connectivity index is 1.30. The van der Waals surface area contributed by atoms with Crippen LogP contribution in [0.2, 0.25) is 0 Å². The summed E-state index contributed by atoms with van der Waals surface area (Å²) in [5.41, 5.74) is 4.16. The van der Waals surface area contributed by atoms with Gasteiger partial charge in [-0.2, -0.15) is 0 Å². The standard InChI is InChI=1S/C20H16N2O3S/c23-19(18-10-13-3-1-2-4-17(13)25-18)22-20-21-15(11-26-20)12-5-6-16-14(9-12)7-8-24-16/h1-6,9,11,18H,7-8,10H2,(H,21,22,23)/t18-/m0/s1. The van der Waals surface area contributed by atoms with E-state index in [1.54, 1.807) is 0 Å². The first-order valence-electron chi connectivity index (χ1n) is 8.53. The zero-order valence-corrected chi connectivity index (χ0v) is 14.7. The fourth-order valence-electron chi connectivity index (χ4n) is 3.32. The third-order valence-electron chi connectivity index (χ3n) is 4.66. The lowest BCUT2D eigenvalue weighted by Gasteiger charge is -2.09. The van der Waals surface area contributed by atoms with Crippen LogP contribution in [-0.2, 0) is 17.6 Å². The van der Waals surface area contributed by atoms with Crippen LogP contribution in [0.1, 0.15) is 11.1 Å². The predicted molar refractivity (Wildman–Crippen MR) is 99.9 cm³/mol. The highest BCUT2D eigenvalue weighted by Gasteiger charge is 2.29. The number of fused-ring (bicyclic) bond motifs is 2. The van der Waals surface area contributed by atoms with E-state index in [2.05, 4.69) is 16.4 Å². The van der Waals surface area contributed by atoms with Crippen LogP contribution >= 0.6 is 11.3 Å². The van der Waals surface area contributed by atoms with E-state index in [1.807, 2.05) is 41.8 Å². The van der Waals surface area contributed by atoms with Gasteiger partial charge in [-0.25, -0.2) is 4.98 Å². The molecule has 26 heavy (non-hydrogen) atoms. The van der Waals surface area contributed by atoms with E-state index < -0.39 is 6.10 Å². The summed E-state index contributed by atoms with van der Waals surface area (Å²) < 4.78 is 11.3. The van der Waals surface area contributed by atoms with Gasteiger partial charge < -0.3 is 9.47 Å². The van der Waals surface area contributed by atoms with E-state index in [4.69, 9.17) is 9.47 Å². The van der Waals surface area contributed by atoms with Crippen molar-refractivity contribution in [1.29, 1.82) is 0 Å². The molecular formula is C20H16N2O3S. The number of hydrogen-bond donors (Lipinski definition) is 1. The minimum Gasteiger partial charge on any atom is -0.493 e. The quantitative estimate of drug-likeness (QED) is 0.770. The Morgan fingerprint density at radius 2 is 2.08 bits per heavy atom. The Labute approximate surface area is 154 Å². The molecule has 0 radical (unpaired) electrons. The third kappa shape index (κ3) is 2.72. The van der Waals surface area contributed by atoms with E-state index in [0.717, 1.165) is 41.3 Å². The molecule has 1 atom stereocenters. The topological polar surface area (TPSA) is 60.5 Å². The molecule has 1 amide bonds. The molecule has 0 aliphatic carbocycles. The lowest BCUT2D eigenvalue weighted by Crippen LogP contribution is -2.31. The summed E-state index contributed by atoms with van der Waals surface area (Å²) in [7, 11) is 0. The number of rotatable bonds is 3. The van der Waals surface area contributed by atoms with Crippen molar-refractivity contribution in [1.82, 2.24) is 4.98 Å². The van der Waals surface area contributed by atoms with Crippen molar-refractivity contribution in [2.45, 2.75) is 18.9 Å². The lowest BCUT2D eigenvalue weighted by atomic mass is 10.1. The minimum atomic E-state index is -0.503. The molecule has 3 aromatic rings. The van der Waals surface area contributed by atoms with Gasteiger partial charge >= 0.3 is 0 Å². The molecule has 5 rings (SSSR count). The van der Waals surface area contributed by atoms with Crippen molar-refractivity contribution >= 4 is 22.4 Å². The van der Waals surface area contributed by atoms with Crippen molar-refractivity contribution < 1.29 is 14.3 Å². The van der Waals surface area contributed by atoms with Gasteiger partial charge in [-0.1, -0.05) is 18.2 Å². The molecule has 2 aromatic carbocycles. The van der Waals surface area contributed by atoms with E-state index in [1.165, 1.54) is 16.9 Å². The molecule has 1 N–H and O–H groups in total. The summed E-state index contributed by atoms with van der Waals surface area (Å²) in [6.07, 6.45) is 1.01. The second kappa shape index (κ2) is 6.14. The molecule has 0 saturated heterocycles. The molecule has 0 spiro atoms. The highest BCUT2D eigenvalue weighted by Crippen LogP contribution is 2.32. The first-order chi connectivity index (χ1) is 12.8. The molecule has 1 aromatic heterocycles. The molecule has 5 nitrogen and oxygen atoms in total. The van der Waals surface area contributed by atoms with Crippen LogP contribution in [0.5, 0.6) is 11.5 Å². The Morgan fingerprint density at radius 3 is 3.00 bits per heavy atom. The van der Waals surface area contributed by atoms with Crippen LogP contribution in [0.15, 0.2) is 47.8 Å². The SMILES string of the molecule is O=C(Nc1nc(-c2ccc3c(c2)CCO3)cs1)[C@@H]1Cc2ccccc2O1. The van der Waals surface area contributed by atoms with Gasteiger partial charge in [0.25, 0.3) is 5.91 Å². The van der Waals surface area contributed by atoms with Crippen LogP contribution in [-0.4, -0.2) is 23.6 Å². The van der Waals surface area contributed by atoms with Crippen LogP contribution in [0, 0.1) is 0 Å². The number of thiazole rings is 1. The average Bonchev–Trinajstić information content (AvgIpc) is 3.39. The fourth-order valence-corrected chi connectivity index (χ4v) is 4.05. The molecule has 130 valence electrons. The van der Waals surface area contributed by atoms with Gasteiger partial charge in [0.1, 0.15) is 11.5 Å². The maximum Gasteiger partial charge on any atom is 0.267 e. The largest absolute Gasteiger partial charge is 0.493 e. The summed E-state index contributed by atoms with van der Waals surface area (Å²) in [6.45, 7) is 0.737. The Kier molecular flexibility index (Phi) is 3.64. The molecule has 0 bridgehead atoms. The summed E-state index contributed by atoms with van der Waals surface area (Å²) in [5.74, 6) is 1.58. The second-order valence-electron chi connectivity index (χ2n) is 6.37. The lowest BCUT2D eigenvalue weighted by molar-refractivity contribution is -0.122. The van der Waals surface area contributed by atoms with Gasteiger partial charge in [0.2, 0.25) is 0 Å². The first-order valence-corrected chi connectivity index (χ1v) is 9.41. The van der Waals surface area contributed by atoms with Crippen LogP contribution in [0.3, 0.4) is 0 Å². The minimum absolute atomic E-state index is 0.163. The highest BCUT2D eigenvalue weighted by atomic mass is 32.1. The normalized spacial score (nSPS) is 17.2. The monoisotopic (exact) mass is 364 g/mol. The van der Waals surface area contributed by atoms with Crippen molar-refractivity contribution in [2.24, 2.45) is 0 Å². The molecule has 0 unspecified atom stereocenters. The van der Waals surface area contributed by atoms with Gasteiger partial charge in [-0.05, 0) is 35.4 Å². The van der Waals surface area contributed by atoms with Gasteiger partial charge in [-0.15, -0.1) is 11.3 Å². The number of para-hydroxylation sites is 1. The number of amides is 1. The van der Waals surface area contributed by atoms with E-state index in [0.29, 0.717) is 11.6 Å². The molecule has 3 heterocycles. The third-order valence-corrected chi connectivity index (χ3v) is 5.42. The van der Waals surface area contributed by atoms with E-state index in [9.17, 15) is 4.79 Å². The van der Waals surface area contributed by atoms with E-state index >= 15 is 0 Å². The second-order valence-corrected chi connectivity index (χ2v) is 7.22. The Bertz CT molecular complexity index is 973. The number of carbonyl (C=O) groups excluding carboxylic acids is 1. The smallest absolute Gasteiger partial charge is 0.267 e. The van der Waals surface area contributed by atoms with Gasteiger partial charge in [0.15, 0.2) is 11.2 Å². The number of anilines is 1. The highest BCUT2D eigenvalue weighted by molar-refractivity contribution is 7.14. The zero-order chi connectivity index (χ0) is 17.5. The first kappa shape index (κ1) is 15.4. The fraction of sp³-hybridized carbons (Fsp3) is 0.200. The molecule has 2 aliphatic rings. The summed E-state index contributed by atoms with van der Waals surface area (Å²) >= 11 is 1.42. The number of aromatic nitrogens is 1. The van der Waals surface area contributed by atoms with Crippen molar-refractivity contribution in [3.8, 4) is 22.8 Å². The number of carbonyl (C=O) groups is 1. The van der Waals surface area contributed by atoms with Crippen LogP contribution in [0.4, 0.5) is 5.13 Å². The van der Waals surface area contributed by atoms with E-state index in [-0.39, 0.29) is 5.91 Å². The summed E-state index contributed by atoms with van der Waals surface area (Å²) in [4.78, 5) is 17.1. The summed E-state index contributed by atoms with van der Waals surface area (Å²) in [6, 6.07) is 13.8. The van der Waals surface area contributed by atoms with Crippen molar-refractivity contribution in [3.05, 3.63) is 59.0 Å². The van der Waals surface area contributed by atoms with Gasteiger partial charge in [0, 0.05) is 23.8 Å². The van der Waals surface area contributed by atoms with Crippen LogP contribution < -0.4 is 14.8 Å².